The van der Waals surface area contributed by atoms with E-state index in [1.54, 1.807) is 6.92 Å². The van der Waals surface area contributed by atoms with Crippen molar-refractivity contribution in [3.63, 3.8) is 0 Å². The quantitative estimate of drug-likeness (QED) is 0.784. The highest BCUT2D eigenvalue weighted by Crippen LogP contribution is 2.18. The van der Waals surface area contributed by atoms with Crippen molar-refractivity contribution in [2.45, 2.75) is 45.3 Å². The Labute approximate surface area is 114 Å². The predicted molar refractivity (Wildman–Crippen MR) is 78.0 cm³/mol. The van der Waals surface area contributed by atoms with E-state index in [4.69, 9.17) is 5.73 Å². The highest BCUT2D eigenvalue weighted by atomic mass is 16.3. The lowest BCUT2D eigenvalue weighted by molar-refractivity contribution is 0.0570. The number of fused-ring (bicyclic) bond motifs is 1. The van der Waals surface area contributed by atoms with Gasteiger partial charge >= 0.3 is 0 Å². The average molecular weight is 261 g/mol. The standard InChI is InChI=1S/C15H23N3O/c1-12-17-13-7-3-4-8-14(13)18(12)10-6-5-9-15(2,19)11-16/h3-4,7-8,19H,5-6,9-11,16H2,1-2H3. The van der Waals surface area contributed by atoms with Gasteiger partial charge in [0.05, 0.1) is 16.6 Å². The molecule has 3 N–H and O–H groups in total. The maximum atomic E-state index is 9.86. The van der Waals surface area contributed by atoms with E-state index in [0.717, 1.165) is 37.1 Å². The maximum absolute atomic E-state index is 9.86. The highest BCUT2D eigenvalue weighted by Gasteiger charge is 2.17. The van der Waals surface area contributed by atoms with Gasteiger partial charge in [0.25, 0.3) is 0 Å². The molecule has 0 saturated heterocycles. The van der Waals surface area contributed by atoms with Crippen LogP contribution in [0, 0.1) is 6.92 Å². The van der Waals surface area contributed by atoms with Gasteiger partial charge < -0.3 is 15.4 Å². The van der Waals surface area contributed by atoms with Gasteiger partial charge in [-0.2, -0.15) is 0 Å². The molecule has 1 aromatic carbocycles. The van der Waals surface area contributed by atoms with E-state index in [9.17, 15) is 5.11 Å². The second kappa shape index (κ2) is 5.72. The smallest absolute Gasteiger partial charge is 0.106 e. The highest BCUT2D eigenvalue weighted by molar-refractivity contribution is 5.75. The number of hydrogen-bond donors (Lipinski definition) is 2. The third kappa shape index (κ3) is 3.33. The first-order chi connectivity index (χ1) is 9.03. The first-order valence-electron chi connectivity index (χ1n) is 6.88. The van der Waals surface area contributed by atoms with Crippen LogP contribution in [0.4, 0.5) is 0 Å². The molecule has 19 heavy (non-hydrogen) atoms. The van der Waals surface area contributed by atoms with E-state index in [1.807, 2.05) is 25.1 Å². The van der Waals surface area contributed by atoms with Crippen LogP contribution < -0.4 is 5.73 Å². The number of nitrogens with zero attached hydrogens (tertiary/aromatic N) is 2. The lowest BCUT2D eigenvalue weighted by Crippen LogP contribution is -2.33. The molecule has 0 spiro atoms. The van der Waals surface area contributed by atoms with Crippen molar-refractivity contribution in [3.8, 4) is 0 Å². The average Bonchev–Trinajstić information content (AvgIpc) is 2.71. The van der Waals surface area contributed by atoms with E-state index in [0.29, 0.717) is 6.54 Å². The number of aromatic nitrogens is 2. The van der Waals surface area contributed by atoms with Crippen molar-refractivity contribution in [1.29, 1.82) is 0 Å². The molecule has 1 heterocycles. The molecule has 1 atom stereocenters. The first kappa shape index (κ1) is 14.0. The number of benzene rings is 1. The van der Waals surface area contributed by atoms with E-state index in [-0.39, 0.29) is 0 Å². The molecule has 0 fully saturated rings. The minimum atomic E-state index is -0.730. The molecule has 2 rings (SSSR count). The number of nitrogens with two attached hydrogens (primary N) is 1. The topological polar surface area (TPSA) is 64.1 Å². The summed E-state index contributed by atoms with van der Waals surface area (Å²) in [6.45, 7) is 5.09. The molecule has 104 valence electrons. The van der Waals surface area contributed by atoms with Gasteiger partial charge in [-0.05, 0) is 45.2 Å². The van der Waals surface area contributed by atoms with Gasteiger partial charge in [-0.25, -0.2) is 4.98 Å². The van der Waals surface area contributed by atoms with Crippen LogP contribution in [0.5, 0.6) is 0 Å². The Morgan fingerprint density at radius 3 is 2.79 bits per heavy atom. The Morgan fingerprint density at radius 1 is 1.32 bits per heavy atom. The lowest BCUT2D eigenvalue weighted by atomic mass is 9.99. The Balaban J connectivity index is 1.97. The van der Waals surface area contributed by atoms with Crippen LogP contribution in [0.1, 0.15) is 32.0 Å². The third-order valence-corrected chi connectivity index (χ3v) is 3.63. The molecular weight excluding hydrogens is 238 g/mol. The van der Waals surface area contributed by atoms with Gasteiger partial charge in [0, 0.05) is 13.1 Å². The second-order valence-corrected chi connectivity index (χ2v) is 5.46. The van der Waals surface area contributed by atoms with E-state index in [1.165, 1.54) is 5.52 Å². The second-order valence-electron chi connectivity index (χ2n) is 5.46. The lowest BCUT2D eigenvalue weighted by Gasteiger charge is -2.20. The number of hydrogen-bond acceptors (Lipinski definition) is 3. The molecule has 0 saturated carbocycles. The molecule has 0 aliphatic rings. The molecule has 0 aliphatic carbocycles. The van der Waals surface area contributed by atoms with Crippen LogP contribution in [0.15, 0.2) is 24.3 Å². The number of rotatable bonds is 6. The minimum absolute atomic E-state index is 0.319. The zero-order valence-corrected chi connectivity index (χ0v) is 11.8. The summed E-state index contributed by atoms with van der Waals surface area (Å²) < 4.78 is 2.24. The van der Waals surface area contributed by atoms with Gasteiger partial charge in [0.1, 0.15) is 5.82 Å². The van der Waals surface area contributed by atoms with Crippen molar-refractivity contribution in [2.24, 2.45) is 5.73 Å². The number of imidazole rings is 1. The summed E-state index contributed by atoms with van der Waals surface area (Å²) in [5, 5.41) is 9.86. The summed E-state index contributed by atoms with van der Waals surface area (Å²) >= 11 is 0. The SMILES string of the molecule is Cc1nc2ccccc2n1CCCCC(C)(O)CN. The first-order valence-corrected chi connectivity index (χ1v) is 6.88. The largest absolute Gasteiger partial charge is 0.389 e. The molecule has 1 aromatic heterocycles. The van der Waals surface area contributed by atoms with E-state index in [2.05, 4.69) is 15.6 Å². The molecule has 0 radical (unpaired) electrons. The van der Waals surface area contributed by atoms with Gasteiger partial charge in [-0.15, -0.1) is 0 Å². The Hall–Kier alpha value is -1.39. The molecule has 0 aliphatic heterocycles. The van der Waals surface area contributed by atoms with Crippen molar-refractivity contribution in [1.82, 2.24) is 9.55 Å². The van der Waals surface area contributed by atoms with E-state index < -0.39 is 5.60 Å². The third-order valence-electron chi connectivity index (χ3n) is 3.63. The summed E-state index contributed by atoms with van der Waals surface area (Å²) in [5.74, 6) is 1.05. The number of aryl methyl sites for hydroxylation is 2. The van der Waals surface area contributed by atoms with E-state index >= 15 is 0 Å². The van der Waals surface area contributed by atoms with Crippen LogP contribution in [0.2, 0.25) is 0 Å². The fourth-order valence-electron chi connectivity index (χ4n) is 2.36. The molecule has 1 unspecified atom stereocenters. The molecule has 2 aromatic rings. The molecule has 4 nitrogen and oxygen atoms in total. The van der Waals surface area contributed by atoms with Crippen molar-refractivity contribution < 1.29 is 5.11 Å². The zero-order valence-electron chi connectivity index (χ0n) is 11.8. The summed E-state index contributed by atoms with van der Waals surface area (Å²) in [6, 6.07) is 8.19. The predicted octanol–water partition coefficient (Wildman–Crippen LogP) is 2.22. The van der Waals surface area contributed by atoms with Crippen molar-refractivity contribution in [2.75, 3.05) is 6.54 Å². The molecule has 4 heteroatoms. The summed E-state index contributed by atoms with van der Waals surface area (Å²) in [7, 11) is 0. The number of aliphatic hydroxyl groups is 1. The van der Waals surface area contributed by atoms with Crippen molar-refractivity contribution >= 4 is 11.0 Å². The fourth-order valence-corrected chi connectivity index (χ4v) is 2.36. The maximum Gasteiger partial charge on any atom is 0.106 e. The molecule has 0 bridgehead atoms. The van der Waals surface area contributed by atoms with Gasteiger partial charge in [-0.1, -0.05) is 12.1 Å². The van der Waals surface area contributed by atoms with Crippen LogP contribution in [-0.2, 0) is 6.54 Å². The summed E-state index contributed by atoms with van der Waals surface area (Å²) in [6.07, 6.45) is 2.74. The van der Waals surface area contributed by atoms with Crippen LogP contribution >= 0.6 is 0 Å². The van der Waals surface area contributed by atoms with Crippen LogP contribution in [0.25, 0.3) is 11.0 Å². The van der Waals surface area contributed by atoms with Gasteiger partial charge in [0.15, 0.2) is 0 Å². The fraction of sp³-hybridized carbons (Fsp3) is 0.533. The monoisotopic (exact) mass is 261 g/mol. The summed E-state index contributed by atoms with van der Waals surface area (Å²) in [5.41, 5.74) is 7.02. The normalized spacial score (nSPS) is 14.7. The minimum Gasteiger partial charge on any atom is -0.389 e. The van der Waals surface area contributed by atoms with Crippen molar-refractivity contribution in [3.05, 3.63) is 30.1 Å². The zero-order chi connectivity index (χ0) is 13.9. The van der Waals surface area contributed by atoms with Crippen LogP contribution in [0.3, 0.4) is 0 Å². The Kier molecular flexibility index (Phi) is 4.22. The van der Waals surface area contributed by atoms with Gasteiger partial charge in [-0.3, -0.25) is 0 Å². The molecule has 0 amide bonds. The van der Waals surface area contributed by atoms with Crippen LogP contribution in [-0.4, -0.2) is 26.8 Å². The number of para-hydroxylation sites is 2. The van der Waals surface area contributed by atoms with Gasteiger partial charge in [0.2, 0.25) is 0 Å². The summed E-state index contributed by atoms with van der Waals surface area (Å²) in [4.78, 5) is 4.55. The Bertz CT molecular complexity index is 545. The number of unbranched alkanes of at least 4 members (excludes halogenated alkanes) is 1. The Morgan fingerprint density at radius 2 is 2.05 bits per heavy atom. The molecular formula is C15H23N3O.